The maximum absolute atomic E-state index is 13.1. The van der Waals surface area contributed by atoms with Crippen molar-refractivity contribution in [3.8, 4) is 0 Å². The molecule has 0 saturated carbocycles. The summed E-state index contributed by atoms with van der Waals surface area (Å²) in [5, 5.41) is 10.4. The first-order chi connectivity index (χ1) is 15.6. The van der Waals surface area contributed by atoms with Gasteiger partial charge >= 0.3 is 12.1 Å². The standard InChI is InChI=1S/C21H25N3O2.C2HF3O2/c1-17-6-5-9-19(14-17)21(26)24(15-18-7-3-2-4-8-18)16-20(25)23-12-10-22-11-13-23;3-2(4,5)1(6)7/h2-9,14,22H,10-13,15-16H2,1H3;(H,6,7). The molecule has 2 aromatic rings. The van der Waals surface area contributed by atoms with E-state index in [0.717, 1.165) is 24.2 Å². The molecule has 2 N–H and O–H groups in total. The summed E-state index contributed by atoms with van der Waals surface area (Å²) in [5.41, 5.74) is 2.67. The maximum atomic E-state index is 13.1. The van der Waals surface area contributed by atoms with Gasteiger partial charge in [0.1, 0.15) is 6.54 Å². The van der Waals surface area contributed by atoms with Gasteiger partial charge in [0.25, 0.3) is 5.91 Å². The average molecular weight is 465 g/mol. The van der Waals surface area contributed by atoms with E-state index in [0.29, 0.717) is 25.2 Å². The lowest BCUT2D eigenvalue weighted by Gasteiger charge is -2.30. The van der Waals surface area contributed by atoms with E-state index in [1.807, 2.05) is 66.4 Å². The van der Waals surface area contributed by atoms with Gasteiger partial charge in [0, 0.05) is 38.3 Å². The molecule has 0 aromatic heterocycles. The van der Waals surface area contributed by atoms with Gasteiger partial charge in [-0.25, -0.2) is 4.79 Å². The van der Waals surface area contributed by atoms with Crippen LogP contribution in [0.15, 0.2) is 54.6 Å². The number of hydrogen-bond acceptors (Lipinski definition) is 4. The molecule has 1 heterocycles. The summed E-state index contributed by atoms with van der Waals surface area (Å²) in [5.74, 6) is -2.86. The van der Waals surface area contributed by atoms with Gasteiger partial charge in [-0.05, 0) is 24.6 Å². The Bertz CT molecular complexity index is 945. The van der Waals surface area contributed by atoms with E-state index in [1.165, 1.54) is 0 Å². The number of amides is 2. The molecular formula is C23H26F3N3O4. The quantitative estimate of drug-likeness (QED) is 0.709. The highest BCUT2D eigenvalue weighted by Crippen LogP contribution is 2.14. The average Bonchev–Trinajstić information content (AvgIpc) is 2.79. The summed E-state index contributed by atoms with van der Waals surface area (Å²) >= 11 is 0. The van der Waals surface area contributed by atoms with E-state index < -0.39 is 12.1 Å². The highest BCUT2D eigenvalue weighted by atomic mass is 19.4. The van der Waals surface area contributed by atoms with Crippen molar-refractivity contribution >= 4 is 17.8 Å². The van der Waals surface area contributed by atoms with Crippen LogP contribution in [0, 0.1) is 6.92 Å². The Kier molecular flexibility index (Phi) is 9.41. The van der Waals surface area contributed by atoms with E-state index in [1.54, 1.807) is 4.90 Å². The smallest absolute Gasteiger partial charge is 0.475 e. The molecule has 3 rings (SSSR count). The van der Waals surface area contributed by atoms with Crippen LogP contribution in [0.4, 0.5) is 13.2 Å². The van der Waals surface area contributed by atoms with E-state index in [-0.39, 0.29) is 18.4 Å². The molecule has 1 aliphatic rings. The molecule has 7 nitrogen and oxygen atoms in total. The van der Waals surface area contributed by atoms with Crippen LogP contribution >= 0.6 is 0 Å². The largest absolute Gasteiger partial charge is 0.490 e. The first-order valence-electron chi connectivity index (χ1n) is 10.3. The molecule has 0 aliphatic carbocycles. The van der Waals surface area contributed by atoms with Crippen molar-refractivity contribution in [1.82, 2.24) is 15.1 Å². The summed E-state index contributed by atoms with van der Waals surface area (Å²) in [7, 11) is 0. The Morgan fingerprint density at radius 1 is 1.03 bits per heavy atom. The fourth-order valence-electron chi connectivity index (χ4n) is 3.14. The molecule has 178 valence electrons. The number of carboxylic acid groups (broad SMARTS) is 1. The summed E-state index contributed by atoms with van der Waals surface area (Å²) in [4.78, 5) is 38.1. The normalized spacial score (nSPS) is 13.5. The fraction of sp³-hybridized carbons (Fsp3) is 0.348. The van der Waals surface area contributed by atoms with Crippen LogP contribution in [0.2, 0.25) is 0 Å². The lowest BCUT2D eigenvalue weighted by Crippen LogP contribution is -2.50. The van der Waals surface area contributed by atoms with Crippen LogP contribution in [0.25, 0.3) is 0 Å². The molecule has 1 aliphatic heterocycles. The van der Waals surface area contributed by atoms with Gasteiger partial charge in [-0.3, -0.25) is 9.59 Å². The van der Waals surface area contributed by atoms with E-state index in [2.05, 4.69) is 5.32 Å². The number of aryl methyl sites for hydroxylation is 1. The summed E-state index contributed by atoms with van der Waals surface area (Å²) in [6.07, 6.45) is -5.08. The second kappa shape index (κ2) is 12.0. The molecule has 0 unspecified atom stereocenters. The molecule has 2 amide bonds. The van der Waals surface area contributed by atoms with Gasteiger partial charge in [-0.15, -0.1) is 0 Å². The van der Waals surface area contributed by atoms with Crippen LogP contribution in [0.5, 0.6) is 0 Å². The zero-order valence-electron chi connectivity index (χ0n) is 18.1. The number of rotatable bonds is 5. The molecule has 0 radical (unpaired) electrons. The van der Waals surface area contributed by atoms with Crippen molar-refractivity contribution < 1.29 is 32.7 Å². The summed E-state index contributed by atoms with van der Waals surface area (Å²) in [6, 6.07) is 17.3. The van der Waals surface area contributed by atoms with E-state index >= 15 is 0 Å². The van der Waals surface area contributed by atoms with Gasteiger partial charge in [0.05, 0.1) is 0 Å². The van der Waals surface area contributed by atoms with Crippen molar-refractivity contribution in [3.63, 3.8) is 0 Å². The molecule has 0 spiro atoms. The number of nitrogens with zero attached hydrogens (tertiary/aromatic N) is 2. The first kappa shape index (κ1) is 25.9. The number of nitrogens with one attached hydrogen (secondary N) is 1. The third-order valence-corrected chi connectivity index (χ3v) is 4.81. The zero-order chi connectivity index (χ0) is 24.4. The van der Waals surface area contributed by atoms with E-state index in [9.17, 15) is 22.8 Å². The van der Waals surface area contributed by atoms with Crippen molar-refractivity contribution in [3.05, 3.63) is 71.3 Å². The number of piperazine rings is 1. The minimum absolute atomic E-state index is 0.00318. The summed E-state index contributed by atoms with van der Waals surface area (Å²) < 4.78 is 31.7. The predicted octanol–water partition coefficient (Wildman–Crippen LogP) is 2.70. The van der Waals surface area contributed by atoms with Gasteiger partial charge in [0.2, 0.25) is 5.91 Å². The van der Waals surface area contributed by atoms with Gasteiger partial charge in [-0.2, -0.15) is 13.2 Å². The molecule has 1 saturated heterocycles. The number of hydrogen-bond donors (Lipinski definition) is 2. The van der Waals surface area contributed by atoms with Crippen LogP contribution in [-0.4, -0.2) is 71.6 Å². The van der Waals surface area contributed by atoms with Crippen LogP contribution in [0.3, 0.4) is 0 Å². The summed E-state index contributed by atoms with van der Waals surface area (Å²) in [6.45, 7) is 5.47. The minimum atomic E-state index is -5.08. The third kappa shape index (κ3) is 8.57. The fourth-order valence-corrected chi connectivity index (χ4v) is 3.14. The SMILES string of the molecule is Cc1cccc(C(=O)N(CC(=O)N2CCNCC2)Cc2ccccc2)c1.O=C(O)C(F)(F)F. The van der Waals surface area contributed by atoms with Crippen LogP contribution in [0.1, 0.15) is 21.5 Å². The van der Waals surface area contributed by atoms with Crippen LogP contribution in [-0.2, 0) is 16.1 Å². The Morgan fingerprint density at radius 3 is 2.18 bits per heavy atom. The predicted molar refractivity (Wildman–Crippen MR) is 116 cm³/mol. The Morgan fingerprint density at radius 2 is 1.64 bits per heavy atom. The zero-order valence-corrected chi connectivity index (χ0v) is 18.1. The van der Waals surface area contributed by atoms with Crippen molar-refractivity contribution in [1.29, 1.82) is 0 Å². The number of carboxylic acids is 1. The van der Waals surface area contributed by atoms with Gasteiger partial charge in [-0.1, -0.05) is 48.0 Å². The van der Waals surface area contributed by atoms with Gasteiger partial charge in [0.15, 0.2) is 0 Å². The number of aliphatic carboxylic acids is 1. The Labute approximate surface area is 189 Å². The van der Waals surface area contributed by atoms with Crippen molar-refractivity contribution in [2.24, 2.45) is 0 Å². The highest BCUT2D eigenvalue weighted by Gasteiger charge is 2.38. The molecule has 10 heteroatoms. The minimum Gasteiger partial charge on any atom is -0.475 e. The monoisotopic (exact) mass is 465 g/mol. The third-order valence-electron chi connectivity index (χ3n) is 4.81. The van der Waals surface area contributed by atoms with Crippen molar-refractivity contribution in [2.75, 3.05) is 32.7 Å². The van der Waals surface area contributed by atoms with Gasteiger partial charge < -0.3 is 20.2 Å². The highest BCUT2D eigenvalue weighted by molar-refractivity contribution is 5.96. The number of benzene rings is 2. The topological polar surface area (TPSA) is 90.0 Å². The van der Waals surface area contributed by atoms with E-state index in [4.69, 9.17) is 9.90 Å². The maximum Gasteiger partial charge on any atom is 0.490 e. The van der Waals surface area contributed by atoms with Crippen LogP contribution < -0.4 is 5.32 Å². The second-order valence-corrected chi connectivity index (χ2v) is 7.45. The van der Waals surface area contributed by atoms with Crippen molar-refractivity contribution in [2.45, 2.75) is 19.6 Å². The number of halogens is 3. The number of alkyl halides is 3. The molecule has 0 bridgehead atoms. The second-order valence-electron chi connectivity index (χ2n) is 7.45. The molecule has 2 aromatic carbocycles. The molecular weight excluding hydrogens is 439 g/mol. The number of carbonyl (C=O) groups excluding carboxylic acids is 2. The lowest BCUT2D eigenvalue weighted by atomic mass is 10.1. The molecule has 0 atom stereocenters. The lowest BCUT2D eigenvalue weighted by molar-refractivity contribution is -0.192. The Hall–Kier alpha value is -3.40. The first-order valence-corrected chi connectivity index (χ1v) is 10.3. The molecule has 33 heavy (non-hydrogen) atoms. The Balaban J connectivity index is 0.000000479. The number of carbonyl (C=O) groups is 3. The molecule has 1 fully saturated rings.